The van der Waals surface area contributed by atoms with Crippen LogP contribution < -0.4 is 5.32 Å². The zero-order valence-corrected chi connectivity index (χ0v) is 10.8. The summed E-state index contributed by atoms with van der Waals surface area (Å²) in [6.07, 6.45) is 0.244. The van der Waals surface area contributed by atoms with E-state index >= 15 is 0 Å². The highest BCUT2D eigenvalue weighted by Crippen LogP contribution is 2.20. The number of aromatic nitrogens is 2. The van der Waals surface area contributed by atoms with E-state index in [1.54, 1.807) is 17.5 Å². The number of nitrogens with one attached hydrogen (secondary N) is 1. The molecule has 8 heteroatoms. The SMILES string of the molecule is COCCN1CC(C(=O)Nc2nncs2)CC1=O. The maximum atomic E-state index is 11.9. The van der Waals surface area contributed by atoms with Crippen molar-refractivity contribution in [1.29, 1.82) is 0 Å². The topological polar surface area (TPSA) is 84.4 Å². The van der Waals surface area contributed by atoms with Crippen LogP contribution in [-0.4, -0.2) is 53.7 Å². The quantitative estimate of drug-likeness (QED) is 0.812. The lowest BCUT2D eigenvalue weighted by Gasteiger charge is -2.15. The summed E-state index contributed by atoms with van der Waals surface area (Å²) < 4.78 is 4.92. The molecule has 0 spiro atoms. The van der Waals surface area contributed by atoms with Crippen LogP contribution in [0, 0.1) is 5.92 Å². The normalized spacial score (nSPS) is 19.3. The molecule has 1 atom stereocenters. The standard InChI is InChI=1S/C10H14N4O3S/c1-17-3-2-14-5-7(4-8(14)15)9(16)12-10-13-11-6-18-10/h6-7H,2-5H2,1H3,(H,12,13,16). The lowest BCUT2D eigenvalue weighted by Crippen LogP contribution is -2.30. The highest BCUT2D eigenvalue weighted by atomic mass is 32.1. The fraction of sp³-hybridized carbons (Fsp3) is 0.600. The van der Waals surface area contributed by atoms with E-state index in [4.69, 9.17) is 4.74 Å². The van der Waals surface area contributed by atoms with Crippen LogP contribution in [0.4, 0.5) is 5.13 Å². The number of amides is 2. The maximum absolute atomic E-state index is 11.9. The molecule has 2 rings (SSSR count). The molecule has 1 aliphatic heterocycles. The van der Waals surface area contributed by atoms with Crippen LogP contribution in [0.15, 0.2) is 5.51 Å². The van der Waals surface area contributed by atoms with Gasteiger partial charge in [-0.25, -0.2) is 0 Å². The van der Waals surface area contributed by atoms with E-state index in [0.29, 0.717) is 24.8 Å². The third kappa shape index (κ3) is 3.02. The number of ether oxygens (including phenoxy) is 1. The van der Waals surface area contributed by atoms with E-state index < -0.39 is 0 Å². The van der Waals surface area contributed by atoms with Gasteiger partial charge < -0.3 is 15.0 Å². The average molecular weight is 270 g/mol. The smallest absolute Gasteiger partial charge is 0.231 e. The highest BCUT2D eigenvalue weighted by molar-refractivity contribution is 7.13. The Labute approximate surface area is 108 Å². The molecule has 98 valence electrons. The van der Waals surface area contributed by atoms with Gasteiger partial charge in [0.15, 0.2) is 0 Å². The molecule has 1 saturated heterocycles. The van der Waals surface area contributed by atoms with Gasteiger partial charge in [0.05, 0.1) is 12.5 Å². The van der Waals surface area contributed by atoms with Crippen molar-refractivity contribution in [2.45, 2.75) is 6.42 Å². The van der Waals surface area contributed by atoms with E-state index in [0.717, 1.165) is 0 Å². The monoisotopic (exact) mass is 270 g/mol. The van der Waals surface area contributed by atoms with Crippen LogP contribution in [-0.2, 0) is 14.3 Å². The number of likely N-dealkylation sites (tertiary alicyclic amines) is 1. The molecule has 0 radical (unpaired) electrons. The van der Waals surface area contributed by atoms with Crippen molar-refractivity contribution in [2.24, 2.45) is 5.92 Å². The van der Waals surface area contributed by atoms with Gasteiger partial charge in [0.2, 0.25) is 16.9 Å². The Hall–Kier alpha value is -1.54. The van der Waals surface area contributed by atoms with Gasteiger partial charge >= 0.3 is 0 Å². The zero-order chi connectivity index (χ0) is 13.0. The molecular weight excluding hydrogens is 256 g/mol. The first-order valence-electron chi connectivity index (χ1n) is 5.54. The second-order valence-electron chi connectivity index (χ2n) is 3.97. The van der Waals surface area contributed by atoms with E-state index in [-0.39, 0.29) is 24.2 Å². The fourth-order valence-electron chi connectivity index (χ4n) is 1.80. The predicted octanol–water partition coefficient (Wildman–Crippen LogP) is -0.0285. The summed E-state index contributed by atoms with van der Waals surface area (Å²) in [5.74, 6) is -0.511. The summed E-state index contributed by atoms with van der Waals surface area (Å²) in [5.41, 5.74) is 1.54. The average Bonchev–Trinajstić information content (AvgIpc) is 2.96. The van der Waals surface area contributed by atoms with E-state index in [1.165, 1.54) is 11.3 Å². The molecule has 2 amide bonds. The summed E-state index contributed by atoms with van der Waals surface area (Å²) in [4.78, 5) is 25.2. The summed E-state index contributed by atoms with van der Waals surface area (Å²) in [5, 5.41) is 10.5. The molecule has 1 aromatic heterocycles. The number of methoxy groups -OCH3 is 1. The first-order chi connectivity index (χ1) is 8.70. The number of nitrogens with zero attached hydrogens (tertiary/aromatic N) is 3. The Balaban J connectivity index is 1.87. The molecule has 0 saturated carbocycles. The third-order valence-corrected chi connectivity index (χ3v) is 3.35. The van der Waals surface area contributed by atoms with Crippen molar-refractivity contribution < 1.29 is 14.3 Å². The molecule has 1 N–H and O–H groups in total. The molecular formula is C10H14N4O3S. The highest BCUT2D eigenvalue weighted by Gasteiger charge is 2.34. The van der Waals surface area contributed by atoms with Gasteiger partial charge in [-0.2, -0.15) is 0 Å². The van der Waals surface area contributed by atoms with E-state index in [9.17, 15) is 9.59 Å². The van der Waals surface area contributed by atoms with Gasteiger partial charge in [0.25, 0.3) is 0 Å². The van der Waals surface area contributed by atoms with Crippen LogP contribution in [0.25, 0.3) is 0 Å². The fourth-order valence-corrected chi connectivity index (χ4v) is 2.25. The van der Waals surface area contributed by atoms with Gasteiger partial charge in [-0.15, -0.1) is 10.2 Å². The van der Waals surface area contributed by atoms with Crippen LogP contribution in [0.5, 0.6) is 0 Å². The molecule has 0 aromatic carbocycles. The van der Waals surface area contributed by atoms with Gasteiger partial charge in [-0.05, 0) is 0 Å². The van der Waals surface area contributed by atoms with Gasteiger partial charge in [0, 0.05) is 26.6 Å². The summed E-state index contributed by atoms with van der Waals surface area (Å²) in [7, 11) is 1.58. The number of carbonyl (C=O) groups excluding carboxylic acids is 2. The van der Waals surface area contributed by atoms with Crippen molar-refractivity contribution in [3.05, 3.63) is 5.51 Å². The first-order valence-corrected chi connectivity index (χ1v) is 6.42. The van der Waals surface area contributed by atoms with Gasteiger partial charge in [-0.3, -0.25) is 9.59 Å². The molecule has 1 aliphatic rings. The Morgan fingerprint density at radius 2 is 2.56 bits per heavy atom. The lowest BCUT2D eigenvalue weighted by atomic mass is 10.1. The van der Waals surface area contributed by atoms with Crippen molar-refractivity contribution in [2.75, 3.05) is 32.1 Å². The van der Waals surface area contributed by atoms with Crippen molar-refractivity contribution in [1.82, 2.24) is 15.1 Å². The minimum atomic E-state index is -0.321. The van der Waals surface area contributed by atoms with E-state index in [2.05, 4.69) is 15.5 Å². The lowest BCUT2D eigenvalue weighted by molar-refractivity contribution is -0.128. The predicted molar refractivity (Wildman–Crippen MR) is 65.1 cm³/mol. The molecule has 0 bridgehead atoms. The Kier molecular flexibility index (Phi) is 4.21. The number of hydrogen-bond acceptors (Lipinski definition) is 6. The second kappa shape index (κ2) is 5.87. The Morgan fingerprint density at radius 3 is 3.22 bits per heavy atom. The van der Waals surface area contributed by atoms with Crippen molar-refractivity contribution in [3.8, 4) is 0 Å². The van der Waals surface area contributed by atoms with Crippen LogP contribution in [0.2, 0.25) is 0 Å². The van der Waals surface area contributed by atoms with Crippen LogP contribution in [0.1, 0.15) is 6.42 Å². The van der Waals surface area contributed by atoms with Crippen LogP contribution >= 0.6 is 11.3 Å². The molecule has 1 aromatic rings. The van der Waals surface area contributed by atoms with Crippen molar-refractivity contribution >= 4 is 28.3 Å². The molecule has 0 aliphatic carbocycles. The maximum Gasteiger partial charge on any atom is 0.231 e. The van der Waals surface area contributed by atoms with Gasteiger partial charge in [0.1, 0.15) is 5.51 Å². The number of anilines is 1. The minimum Gasteiger partial charge on any atom is -0.383 e. The summed E-state index contributed by atoms with van der Waals surface area (Å²) >= 11 is 1.25. The van der Waals surface area contributed by atoms with Crippen LogP contribution in [0.3, 0.4) is 0 Å². The van der Waals surface area contributed by atoms with Gasteiger partial charge in [-0.1, -0.05) is 11.3 Å². The largest absolute Gasteiger partial charge is 0.383 e. The first kappa shape index (κ1) is 12.9. The number of hydrogen-bond donors (Lipinski definition) is 1. The second-order valence-corrected chi connectivity index (χ2v) is 4.80. The number of carbonyl (C=O) groups is 2. The summed E-state index contributed by atoms with van der Waals surface area (Å²) in [6.45, 7) is 1.45. The Bertz CT molecular complexity index is 423. The molecule has 2 heterocycles. The minimum absolute atomic E-state index is 0.00976. The molecule has 18 heavy (non-hydrogen) atoms. The van der Waals surface area contributed by atoms with E-state index in [1.807, 2.05) is 0 Å². The summed E-state index contributed by atoms with van der Waals surface area (Å²) in [6, 6.07) is 0. The number of rotatable bonds is 5. The molecule has 7 nitrogen and oxygen atoms in total. The molecule has 1 fully saturated rings. The third-order valence-electron chi connectivity index (χ3n) is 2.74. The molecule has 1 unspecified atom stereocenters. The Morgan fingerprint density at radius 1 is 1.72 bits per heavy atom. The zero-order valence-electron chi connectivity index (χ0n) is 9.96. The van der Waals surface area contributed by atoms with Crippen molar-refractivity contribution in [3.63, 3.8) is 0 Å².